The van der Waals surface area contributed by atoms with Crippen molar-refractivity contribution >= 4 is 18.2 Å². The normalized spacial score (nSPS) is 34.9. The third kappa shape index (κ3) is 4.14. The summed E-state index contributed by atoms with van der Waals surface area (Å²) in [6.07, 6.45) is 11.6. The number of amides is 3. The first-order valence-electron chi connectivity index (χ1n) is 12.3. The van der Waals surface area contributed by atoms with E-state index in [1.807, 2.05) is 7.05 Å². The molecule has 2 bridgehead atoms. The fourth-order valence-corrected chi connectivity index (χ4v) is 7.10. The molecule has 4 atom stereocenters. The van der Waals surface area contributed by atoms with E-state index in [4.69, 9.17) is 10.5 Å². The fraction of sp³-hybridized carbons (Fsp3) is 0.680. The number of fused-ring (bicyclic) bond motifs is 2. The summed E-state index contributed by atoms with van der Waals surface area (Å²) in [5.41, 5.74) is 5.80. The summed E-state index contributed by atoms with van der Waals surface area (Å²) in [5, 5.41) is 3.19. The molecule has 33 heavy (non-hydrogen) atoms. The van der Waals surface area contributed by atoms with Crippen molar-refractivity contribution in [2.45, 2.75) is 76.0 Å². The van der Waals surface area contributed by atoms with Gasteiger partial charge in [0.2, 0.25) is 18.2 Å². The Balaban J connectivity index is 1.13. The van der Waals surface area contributed by atoms with E-state index in [0.717, 1.165) is 50.4 Å². The maximum absolute atomic E-state index is 13.2. The molecule has 178 valence electrons. The van der Waals surface area contributed by atoms with Crippen molar-refractivity contribution in [3.63, 3.8) is 0 Å². The van der Waals surface area contributed by atoms with Crippen LogP contribution in [0.4, 0.5) is 0 Å². The highest BCUT2D eigenvalue weighted by Gasteiger charge is 2.56. The molecule has 4 fully saturated rings. The minimum absolute atomic E-state index is 0.0258. The molecule has 3 amide bonds. The number of likely N-dealkylation sites (N-methyl/N-ethyl adjacent to an activating group) is 1. The van der Waals surface area contributed by atoms with Crippen molar-refractivity contribution < 1.29 is 19.1 Å². The topological polar surface area (TPSA) is 115 Å². The maximum atomic E-state index is 13.2. The molecular formula is C25H34N4O4. The molecule has 0 radical (unpaired) electrons. The Morgan fingerprint density at radius 1 is 1.30 bits per heavy atom. The average Bonchev–Trinajstić information content (AvgIpc) is 3.38. The van der Waals surface area contributed by atoms with Crippen LogP contribution in [0.2, 0.25) is 0 Å². The predicted molar refractivity (Wildman–Crippen MR) is 121 cm³/mol. The van der Waals surface area contributed by atoms with Crippen LogP contribution in [0.5, 0.6) is 5.88 Å². The first-order chi connectivity index (χ1) is 15.9. The van der Waals surface area contributed by atoms with Gasteiger partial charge in [0, 0.05) is 12.2 Å². The van der Waals surface area contributed by atoms with E-state index in [1.165, 1.54) is 30.6 Å². The van der Waals surface area contributed by atoms with Gasteiger partial charge in [-0.15, -0.1) is 0 Å². The van der Waals surface area contributed by atoms with Crippen LogP contribution in [0, 0.1) is 23.2 Å². The van der Waals surface area contributed by atoms with Crippen molar-refractivity contribution in [2.24, 2.45) is 28.9 Å². The highest BCUT2D eigenvalue weighted by Crippen LogP contribution is 2.58. The molecule has 4 saturated carbocycles. The number of pyridine rings is 1. The summed E-state index contributed by atoms with van der Waals surface area (Å²) in [6, 6.07) is 2.95. The Kier molecular flexibility index (Phi) is 5.89. The van der Waals surface area contributed by atoms with Crippen molar-refractivity contribution in [3.8, 4) is 5.88 Å². The lowest BCUT2D eigenvalue weighted by Crippen LogP contribution is -2.61. The van der Waals surface area contributed by atoms with Crippen LogP contribution in [0.15, 0.2) is 18.3 Å². The van der Waals surface area contributed by atoms with Crippen molar-refractivity contribution in [2.75, 3.05) is 7.05 Å². The van der Waals surface area contributed by atoms with Gasteiger partial charge >= 0.3 is 0 Å². The zero-order chi connectivity index (χ0) is 23.2. The largest absolute Gasteiger partial charge is 0.474 e. The third-order valence-electron chi connectivity index (χ3n) is 8.80. The first-order valence-corrected chi connectivity index (χ1v) is 12.3. The van der Waals surface area contributed by atoms with E-state index in [2.05, 4.69) is 10.3 Å². The average molecular weight is 455 g/mol. The van der Waals surface area contributed by atoms with Crippen LogP contribution in [0.1, 0.15) is 68.1 Å². The highest BCUT2D eigenvalue weighted by atomic mass is 16.5. The van der Waals surface area contributed by atoms with Gasteiger partial charge in [0.1, 0.15) is 11.7 Å². The van der Waals surface area contributed by atoms with E-state index >= 15 is 0 Å². The summed E-state index contributed by atoms with van der Waals surface area (Å²) in [4.78, 5) is 42.3. The Morgan fingerprint density at radius 3 is 2.70 bits per heavy atom. The quantitative estimate of drug-likeness (QED) is 0.553. The van der Waals surface area contributed by atoms with Crippen molar-refractivity contribution in [1.29, 1.82) is 0 Å². The number of nitrogens with two attached hydrogens (primary N) is 1. The zero-order valence-corrected chi connectivity index (χ0v) is 19.2. The second kappa shape index (κ2) is 8.70. The van der Waals surface area contributed by atoms with E-state index in [1.54, 1.807) is 18.3 Å². The zero-order valence-electron chi connectivity index (χ0n) is 19.2. The standard InChI is InChI=1S/C25H34N4O4/c1-27-21(9-17-8-15-4-5-16(17)7-15)24(32)29(14-30)18-10-25(11-18)12-19(13-25)33-23-20(22(26)31)3-2-6-28-23/h2-3,6,14-19,21,27H,4-5,7-13H2,1H3,(H2,26,31)/t15?,16?,17?,18-,19-,21?,25?. The van der Waals surface area contributed by atoms with Gasteiger partial charge in [-0.05, 0) is 93.7 Å². The van der Waals surface area contributed by atoms with Gasteiger partial charge in [0.15, 0.2) is 0 Å². The lowest BCUT2D eigenvalue weighted by atomic mass is 9.52. The first kappa shape index (κ1) is 22.3. The molecule has 4 aliphatic rings. The SMILES string of the molecule is CNC(CC1CC2CCC1C2)C(=O)N(C=O)[C@H]1CC2(C[C@H](Oc3ncccc3C(N)=O)C2)C1. The van der Waals surface area contributed by atoms with Crippen LogP contribution in [-0.2, 0) is 9.59 Å². The van der Waals surface area contributed by atoms with Crippen LogP contribution < -0.4 is 15.8 Å². The molecule has 1 aromatic rings. The molecule has 1 spiro atoms. The number of aromatic nitrogens is 1. The Hall–Kier alpha value is -2.48. The summed E-state index contributed by atoms with van der Waals surface area (Å²) >= 11 is 0. The summed E-state index contributed by atoms with van der Waals surface area (Å²) < 4.78 is 5.93. The number of carbonyl (C=O) groups excluding carboxylic acids is 3. The molecule has 1 heterocycles. The Bertz CT molecular complexity index is 923. The number of nitrogens with one attached hydrogen (secondary N) is 1. The monoisotopic (exact) mass is 454 g/mol. The molecule has 0 aromatic carbocycles. The summed E-state index contributed by atoms with van der Waals surface area (Å²) in [7, 11) is 1.83. The molecule has 5 rings (SSSR count). The van der Waals surface area contributed by atoms with Crippen molar-refractivity contribution in [3.05, 3.63) is 23.9 Å². The number of ether oxygens (including phenoxy) is 1. The van der Waals surface area contributed by atoms with E-state index < -0.39 is 5.91 Å². The smallest absolute Gasteiger partial charge is 0.254 e. The van der Waals surface area contributed by atoms with Crippen LogP contribution in [0.3, 0.4) is 0 Å². The lowest BCUT2D eigenvalue weighted by molar-refractivity contribution is -0.157. The number of primary amides is 1. The molecule has 4 unspecified atom stereocenters. The number of hydrogen-bond donors (Lipinski definition) is 2. The van der Waals surface area contributed by atoms with Gasteiger partial charge in [-0.3, -0.25) is 19.3 Å². The second-order valence-electron chi connectivity index (χ2n) is 10.8. The molecule has 4 aliphatic carbocycles. The molecule has 8 nitrogen and oxygen atoms in total. The number of nitrogens with zero attached hydrogens (tertiary/aromatic N) is 2. The molecule has 3 N–H and O–H groups in total. The van der Waals surface area contributed by atoms with Crippen LogP contribution in [-0.4, -0.2) is 53.3 Å². The fourth-order valence-electron chi connectivity index (χ4n) is 7.10. The molecule has 8 heteroatoms. The maximum Gasteiger partial charge on any atom is 0.254 e. The highest BCUT2D eigenvalue weighted by molar-refractivity contribution is 5.95. The summed E-state index contributed by atoms with van der Waals surface area (Å²) in [6.45, 7) is 0. The van der Waals surface area contributed by atoms with Crippen molar-refractivity contribution in [1.82, 2.24) is 15.2 Å². The van der Waals surface area contributed by atoms with Gasteiger partial charge in [0.25, 0.3) is 5.91 Å². The lowest BCUT2D eigenvalue weighted by Gasteiger charge is -2.58. The molecular weight excluding hydrogens is 420 g/mol. The minimum atomic E-state index is -0.555. The van der Waals surface area contributed by atoms with Gasteiger partial charge in [-0.1, -0.05) is 6.42 Å². The third-order valence-corrected chi connectivity index (χ3v) is 8.80. The van der Waals surface area contributed by atoms with Gasteiger partial charge < -0.3 is 15.8 Å². The van der Waals surface area contributed by atoms with Gasteiger partial charge in [0.05, 0.1) is 6.04 Å². The number of carbonyl (C=O) groups is 3. The number of imide groups is 1. The summed E-state index contributed by atoms with van der Waals surface area (Å²) in [5.74, 6) is 1.86. The van der Waals surface area contributed by atoms with E-state index in [-0.39, 0.29) is 41.0 Å². The van der Waals surface area contributed by atoms with E-state index in [9.17, 15) is 14.4 Å². The van der Waals surface area contributed by atoms with E-state index in [0.29, 0.717) is 5.92 Å². The van der Waals surface area contributed by atoms with Gasteiger partial charge in [-0.25, -0.2) is 4.98 Å². The second-order valence-corrected chi connectivity index (χ2v) is 10.8. The van der Waals surface area contributed by atoms with Crippen LogP contribution >= 0.6 is 0 Å². The van der Waals surface area contributed by atoms with Gasteiger partial charge in [-0.2, -0.15) is 0 Å². The minimum Gasteiger partial charge on any atom is -0.474 e. The number of hydrogen-bond acceptors (Lipinski definition) is 6. The van der Waals surface area contributed by atoms with Crippen LogP contribution in [0.25, 0.3) is 0 Å². The molecule has 0 saturated heterocycles. The Labute approximate surface area is 194 Å². The predicted octanol–water partition coefficient (Wildman–Crippen LogP) is 2.27. The number of rotatable bonds is 9. The Morgan fingerprint density at radius 2 is 2.09 bits per heavy atom. The molecule has 0 aliphatic heterocycles. The molecule has 1 aromatic heterocycles.